The number of aliphatic hydroxyl groups is 1. The summed E-state index contributed by atoms with van der Waals surface area (Å²) in [7, 11) is -4.00. The quantitative estimate of drug-likeness (QED) is 0.384. The van der Waals surface area contributed by atoms with Gasteiger partial charge in [0.1, 0.15) is 5.60 Å². The number of amides is 1. The second-order valence-corrected chi connectivity index (χ2v) is 12.0. The van der Waals surface area contributed by atoms with Crippen molar-refractivity contribution in [2.24, 2.45) is 11.8 Å². The highest BCUT2D eigenvalue weighted by atomic mass is 32.2. The summed E-state index contributed by atoms with van der Waals surface area (Å²) in [5.74, 6) is 0.0634. The van der Waals surface area contributed by atoms with Crippen LogP contribution in [0.5, 0.6) is 0 Å². The summed E-state index contributed by atoms with van der Waals surface area (Å²) < 4.78 is 34.4. The van der Waals surface area contributed by atoms with E-state index in [2.05, 4.69) is 0 Å². The van der Waals surface area contributed by atoms with Crippen LogP contribution in [-0.4, -0.2) is 71.6 Å². The zero-order chi connectivity index (χ0) is 25.7. The summed E-state index contributed by atoms with van der Waals surface area (Å²) in [5, 5.41) is 20.4. The topological polar surface area (TPSA) is 130 Å². The number of carbonyl (C=O) groups excluding carboxylic acids is 1. The van der Waals surface area contributed by atoms with Gasteiger partial charge in [-0.3, -0.25) is 10.1 Å². The molecule has 2 atom stereocenters. The smallest absolute Gasteiger partial charge is 0.410 e. The minimum atomic E-state index is -4.00. The lowest BCUT2D eigenvalue weighted by Crippen LogP contribution is -2.46. The second kappa shape index (κ2) is 11.5. The molecule has 1 fully saturated rings. The van der Waals surface area contributed by atoms with Crippen LogP contribution in [0.1, 0.15) is 53.9 Å². The lowest BCUT2D eigenvalue weighted by Gasteiger charge is -2.32. The molecule has 192 valence electrons. The molecule has 0 radical (unpaired) electrons. The van der Waals surface area contributed by atoms with Crippen molar-refractivity contribution in [1.82, 2.24) is 9.21 Å². The van der Waals surface area contributed by atoms with Crippen molar-refractivity contribution >= 4 is 21.8 Å². The van der Waals surface area contributed by atoms with E-state index in [1.807, 2.05) is 13.8 Å². The summed E-state index contributed by atoms with van der Waals surface area (Å²) in [5.41, 5.74) is -0.872. The summed E-state index contributed by atoms with van der Waals surface area (Å²) in [6.45, 7) is 10.0. The first-order valence-electron chi connectivity index (χ1n) is 11.6. The number of hydrogen-bond acceptors (Lipinski definition) is 7. The van der Waals surface area contributed by atoms with Crippen LogP contribution in [0.3, 0.4) is 0 Å². The molecule has 1 amide bonds. The first-order chi connectivity index (χ1) is 15.8. The molecule has 0 saturated carbocycles. The molecule has 34 heavy (non-hydrogen) atoms. The fraction of sp³-hybridized carbons (Fsp3) is 0.696. The maximum Gasteiger partial charge on any atom is 0.410 e. The van der Waals surface area contributed by atoms with Crippen molar-refractivity contribution in [2.75, 3.05) is 26.2 Å². The Morgan fingerprint density at radius 1 is 1.26 bits per heavy atom. The third-order valence-electron chi connectivity index (χ3n) is 5.74. The largest absolute Gasteiger partial charge is 0.444 e. The van der Waals surface area contributed by atoms with Crippen LogP contribution in [-0.2, 0) is 14.8 Å². The van der Waals surface area contributed by atoms with Crippen LogP contribution in [0.25, 0.3) is 0 Å². The number of ether oxygens (including phenoxy) is 1. The number of likely N-dealkylation sites (tertiary alicyclic amines) is 1. The lowest BCUT2D eigenvalue weighted by molar-refractivity contribution is -0.384. The van der Waals surface area contributed by atoms with Crippen LogP contribution in [0, 0.1) is 22.0 Å². The van der Waals surface area contributed by atoms with Gasteiger partial charge in [-0.05, 0) is 64.0 Å². The molecule has 1 heterocycles. The Morgan fingerprint density at radius 3 is 2.38 bits per heavy atom. The van der Waals surface area contributed by atoms with E-state index < -0.39 is 32.7 Å². The fourth-order valence-corrected chi connectivity index (χ4v) is 5.71. The number of nitrogens with zero attached hydrogens (tertiary/aromatic N) is 3. The Labute approximate surface area is 202 Å². The molecule has 1 aliphatic heterocycles. The van der Waals surface area contributed by atoms with Crippen molar-refractivity contribution in [3.8, 4) is 0 Å². The van der Waals surface area contributed by atoms with Gasteiger partial charge in [-0.2, -0.15) is 4.31 Å². The predicted octanol–water partition coefficient (Wildman–Crippen LogP) is 3.64. The Hall–Kier alpha value is -2.24. The zero-order valence-electron chi connectivity index (χ0n) is 20.6. The summed E-state index contributed by atoms with van der Waals surface area (Å²) in [6, 6.07) is 4.35. The highest BCUT2D eigenvalue weighted by molar-refractivity contribution is 7.89. The molecule has 10 nitrogen and oxygen atoms in total. The molecule has 0 aliphatic carbocycles. The van der Waals surface area contributed by atoms with E-state index in [0.717, 1.165) is 0 Å². The first-order valence-corrected chi connectivity index (χ1v) is 13.1. The Bertz CT molecular complexity index is 942. The standard InChI is InChI=1S/C23H37N3O7S/c1-17(2)12-13-25(34(31,32)20-10-8-19(9-11-20)26(29)30)21-16-24(15-18(21)7-6-14-27)22(28)33-23(3,4)5/h8-11,17-18,21,27H,6-7,12-16H2,1-5H3/t18-,21-/m1/s1. The molecule has 1 aliphatic rings. The van der Waals surface area contributed by atoms with Crippen molar-refractivity contribution in [3.05, 3.63) is 34.4 Å². The van der Waals surface area contributed by atoms with Gasteiger partial charge in [0.15, 0.2) is 0 Å². The van der Waals surface area contributed by atoms with Crippen LogP contribution in [0.4, 0.5) is 10.5 Å². The fourth-order valence-electron chi connectivity index (χ4n) is 4.02. The Kier molecular flexibility index (Phi) is 9.44. The van der Waals surface area contributed by atoms with E-state index in [0.29, 0.717) is 25.8 Å². The van der Waals surface area contributed by atoms with Crippen molar-refractivity contribution in [3.63, 3.8) is 0 Å². The van der Waals surface area contributed by atoms with E-state index in [-0.39, 0.29) is 42.1 Å². The SMILES string of the molecule is CC(C)CCN([C@@H]1CN(C(=O)OC(C)(C)C)C[C@H]1CCCO)S(=O)(=O)c1ccc([N+](=O)[O-])cc1. The number of sulfonamides is 1. The van der Waals surface area contributed by atoms with Gasteiger partial charge in [0.25, 0.3) is 5.69 Å². The van der Waals surface area contributed by atoms with E-state index in [1.165, 1.54) is 33.5 Å². The zero-order valence-corrected chi connectivity index (χ0v) is 21.5. The van der Waals surface area contributed by atoms with Crippen LogP contribution < -0.4 is 0 Å². The monoisotopic (exact) mass is 499 g/mol. The van der Waals surface area contributed by atoms with Gasteiger partial charge in [0, 0.05) is 44.4 Å². The summed E-state index contributed by atoms with van der Waals surface area (Å²) >= 11 is 0. The first kappa shape index (κ1) is 28.0. The Morgan fingerprint density at radius 2 is 1.88 bits per heavy atom. The van der Waals surface area contributed by atoms with Crippen LogP contribution in [0.2, 0.25) is 0 Å². The molecule has 11 heteroatoms. The van der Waals surface area contributed by atoms with Gasteiger partial charge in [-0.1, -0.05) is 13.8 Å². The molecule has 1 aromatic rings. The molecule has 0 aromatic heterocycles. The van der Waals surface area contributed by atoms with Crippen molar-refractivity contribution in [1.29, 1.82) is 0 Å². The van der Waals surface area contributed by atoms with E-state index in [1.54, 1.807) is 20.8 Å². The van der Waals surface area contributed by atoms with Gasteiger partial charge in [0.2, 0.25) is 10.0 Å². The minimum absolute atomic E-state index is 0.0292. The molecule has 1 N–H and O–H groups in total. The summed E-state index contributed by atoms with van der Waals surface area (Å²) in [6.07, 6.45) is 1.15. The number of aliphatic hydroxyl groups excluding tert-OH is 1. The van der Waals surface area contributed by atoms with E-state index >= 15 is 0 Å². The molecule has 1 aromatic carbocycles. The van der Waals surface area contributed by atoms with E-state index in [9.17, 15) is 28.4 Å². The second-order valence-electron chi connectivity index (χ2n) is 10.1. The van der Waals surface area contributed by atoms with Gasteiger partial charge in [-0.15, -0.1) is 0 Å². The van der Waals surface area contributed by atoms with E-state index in [4.69, 9.17) is 4.74 Å². The minimum Gasteiger partial charge on any atom is -0.444 e. The maximum atomic E-state index is 13.7. The van der Waals surface area contributed by atoms with Gasteiger partial charge in [0.05, 0.1) is 9.82 Å². The van der Waals surface area contributed by atoms with Gasteiger partial charge < -0.3 is 14.7 Å². The molecule has 0 spiro atoms. The third kappa shape index (κ3) is 7.38. The van der Waals surface area contributed by atoms with Gasteiger partial charge >= 0.3 is 6.09 Å². The molecule has 0 unspecified atom stereocenters. The highest BCUT2D eigenvalue weighted by Crippen LogP contribution is 2.32. The lowest BCUT2D eigenvalue weighted by atomic mass is 9.97. The molecular weight excluding hydrogens is 462 g/mol. The third-order valence-corrected chi connectivity index (χ3v) is 7.68. The average molecular weight is 500 g/mol. The van der Waals surface area contributed by atoms with Crippen LogP contribution >= 0.6 is 0 Å². The predicted molar refractivity (Wildman–Crippen MR) is 128 cm³/mol. The Balaban J connectivity index is 2.41. The molecule has 2 rings (SSSR count). The summed E-state index contributed by atoms with van der Waals surface area (Å²) in [4.78, 5) is 24.7. The highest BCUT2D eigenvalue weighted by Gasteiger charge is 2.44. The number of benzene rings is 1. The number of carbonyl (C=O) groups is 1. The number of nitro groups is 1. The van der Waals surface area contributed by atoms with Gasteiger partial charge in [-0.25, -0.2) is 13.2 Å². The van der Waals surface area contributed by atoms with Crippen LogP contribution in [0.15, 0.2) is 29.2 Å². The molecular formula is C23H37N3O7S. The average Bonchev–Trinajstić information content (AvgIpc) is 3.14. The maximum absolute atomic E-state index is 13.7. The molecule has 1 saturated heterocycles. The van der Waals surface area contributed by atoms with Crippen molar-refractivity contribution < 1.29 is 28.0 Å². The molecule has 0 bridgehead atoms. The number of hydrogen-bond donors (Lipinski definition) is 1. The number of rotatable bonds is 10. The number of non-ortho nitro benzene ring substituents is 1. The van der Waals surface area contributed by atoms with Crippen molar-refractivity contribution in [2.45, 2.75) is 70.4 Å². The number of nitro benzene ring substituents is 1. The normalized spacial score (nSPS) is 19.1.